The lowest BCUT2D eigenvalue weighted by Gasteiger charge is -2.28. The first-order chi connectivity index (χ1) is 14.4. The number of hydrogen-bond acceptors (Lipinski definition) is 5. The minimum Gasteiger partial charge on any atom is -0.316 e. The molecule has 158 valence electrons. The number of hydrogen-bond donors (Lipinski definition) is 0. The third-order valence-electron chi connectivity index (χ3n) is 5.28. The van der Waals surface area contributed by atoms with Crippen molar-refractivity contribution in [3.63, 3.8) is 0 Å². The summed E-state index contributed by atoms with van der Waals surface area (Å²) in [6.07, 6.45) is 0.470. The summed E-state index contributed by atoms with van der Waals surface area (Å²) < 4.78 is 26.2. The van der Waals surface area contributed by atoms with E-state index in [2.05, 4.69) is 18.4 Å². The average molecular weight is 444 g/mol. The zero-order valence-electron chi connectivity index (χ0n) is 17.1. The zero-order chi connectivity index (χ0) is 21.3. The summed E-state index contributed by atoms with van der Waals surface area (Å²) in [5.74, 6) is 0.241. The first-order valence-corrected chi connectivity index (χ1v) is 12.8. The molecule has 1 aromatic heterocycles. The van der Waals surface area contributed by atoms with E-state index in [0.29, 0.717) is 6.42 Å². The van der Waals surface area contributed by atoms with Crippen LogP contribution in [0.25, 0.3) is 11.0 Å². The smallest absolute Gasteiger partial charge is 0.237 e. The third kappa shape index (κ3) is 4.25. The molecule has 1 aliphatic rings. The van der Waals surface area contributed by atoms with E-state index in [0.717, 1.165) is 21.9 Å². The second-order valence-corrected chi connectivity index (χ2v) is 11.0. The van der Waals surface area contributed by atoms with Gasteiger partial charge in [0, 0.05) is 11.7 Å². The number of imidazole rings is 1. The second kappa shape index (κ2) is 8.43. The molecule has 0 unspecified atom stereocenters. The van der Waals surface area contributed by atoms with Gasteiger partial charge < -0.3 is 9.47 Å². The Labute approximate surface area is 181 Å². The summed E-state index contributed by atoms with van der Waals surface area (Å²) >= 11 is 1.40. The van der Waals surface area contributed by atoms with E-state index in [1.165, 1.54) is 11.8 Å². The molecule has 0 saturated carbocycles. The van der Waals surface area contributed by atoms with E-state index in [1.54, 1.807) is 4.90 Å². The standard InChI is InChI=1S/C22H25N3O3S2/c1-16(2)24-20-11-7-6-10-19(20)23-22(24)29-14-21(26)25(17-8-4-3-5-9-17)18-12-13-30(27,28)15-18/h3-11,16,18H,12-15H2,1-2H3/t18-/m1/s1. The summed E-state index contributed by atoms with van der Waals surface area (Å²) in [6.45, 7) is 4.19. The van der Waals surface area contributed by atoms with Gasteiger partial charge in [0.25, 0.3) is 0 Å². The van der Waals surface area contributed by atoms with E-state index in [4.69, 9.17) is 4.98 Å². The number of anilines is 1. The van der Waals surface area contributed by atoms with Crippen molar-refractivity contribution in [1.29, 1.82) is 0 Å². The van der Waals surface area contributed by atoms with Gasteiger partial charge in [-0.2, -0.15) is 0 Å². The number of amides is 1. The van der Waals surface area contributed by atoms with Crippen LogP contribution < -0.4 is 4.90 Å². The number of thioether (sulfide) groups is 1. The lowest BCUT2D eigenvalue weighted by molar-refractivity contribution is -0.116. The van der Waals surface area contributed by atoms with E-state index < -0.39 is 9.84 Å². The van der Waals surface area contributed by atoms with Crippen LogP contribution in [0.1, 0.15) is 26.3 Å². The monoisotopic (exact) mass is 443 g/mol. The second-order valence-electron chi connectivity index (χ2n) is 7.79. The summed E-state index contributed by atoms with van der Waals surface area (Å²) in [4.78, 5) is 19.7. The Morgan fingerprint density at radius 1 is 1.17 bits per heavy atom. The van der Waals surface area contributed by atoms with E-state index >= 15 is 0 Å². The number of aromatic nitrogens is 2. The van der Waals surface area contributed by atoms with Gasteiger partial charge in [-0.05, 0) is 44.5 Å². The van der Waals surface area contributed by atoms with Crippen molar-refractivity contribution in [2.75, 3.05) is 22.2 Å². The molecule has 0 spiro atoms. The third-order valence-corrected chi connectivity index (χ3v) is 7.97. The van der Waals surface area contributed by atoms with Crippen molar-refractivity contribution in [2.24, 2.45) is 0 Å². The molecule has 3 aromatic rings. The van der Waals surface area contributed by atoms with Crippen molar-refractivity contribution < 1.29 is 13.2 Å². The summed E-state index contributed by atoms with van der Waals surface area (Å²) in [7, 11) is -3.10. The van der Waals surface area contributed by atoms with Crippen molar-refractivity contribution in [3.05, 3.63) is 54.6 Å². The zero-order valence-corrected chi connectivity index (χ0v) is 18.7. The topological polar surface area (TPSA) is 72.3 Å². The maximum atomic E-state index is 13.3. The fourth-order valence-electron chi connectivity index (χ4n) is 3.95. The van der Waals surface area contributed by atoms with Crippen molar-refractivity contribution >= 4 is 44.2 Å². The van der Waals surface area contributed by atoms with Gasteiger partial charge in [0.1, 0.15) is 0 Å². The minimum atomic E-state index is -3.10. The number of benzene rings is 2. The minimum absolute atomic E-state index is 0.0167. The van der Waals surface area contributed by atoms with Gasteiger partial charge in [-0.25, -0.2) is 13.4 Å². The van der Waals surface area contributed by atoms with Crippen LogP contribution in [-0.2, 0) is 14.6 Å². The van der Waals surface area contributed by atoms with Crippen LogP contribution in [0, 0.1) is 0 Å². The van der Waals surface area contributed by atoms with Crippen molar-refractivity contribution in [1.82, 2.24) is 9.55 Å². The Morgan fingerprint density at radius 2 is 1.87 bits per heavy atom. The number of fused-ring (bicyclic) bond motifs is 1. The van der Waals surface area contributed by atoms with Crippen LogP contribution in [0.5, 0.6) is 0 Å². The molecule has 1 amide bonds. The molecule has 1 atom stereocenters. The fraction of sp³-hybridized carbons (Fsp3) is 0.364. The van der Waals surface area contributed by atoms with Gasteiger partial charge in [-0.3, -0.25) is 4.79 Å². The molecule has 1 fully saturated rings. The SMILES string of the molecule is CC(C)n1c(SCC(=O)N(c2ccccc2)[C@@H]2CCS(=O)(=O)C2)nc2ccccc21. The van der Waals surface area contributed by atoms with E-state index in [-0.39, 0.29) is 35.2 Å². The molecule has 8 heteroatoms. The molecule has 0 N–H and O–H groups in total. The molecular weight excluding hydrogens is 418 g/mol. The van der Waals surface area contributed by atoms with Gasteiger partial charge in [-0.1, -0.05) is 42.1 Å². The molecule has 6 nitrogen and oxygen atoms in total. The maximum absolute atomic E-state index is 13.3. The molecule has 2 heterocycles. The summed E-state index contributed by atoms with van der Waals surface area (Å²) in [5.41, 5.74) is 2.69. The van der Waals surface area contributed by atoms with E-state index in [1.807, 2.05) is 54.6 Å². The molecule has 4 rings (SSSR count). The van der Waals surface area contributed by atoms with Crippen LogP contribution in [0.4, 0.5) is 5.69 Å². The Kier molecular flexibility index (Phi) is 5.88. The number of nitrogens with zero attached hydrogens (tertiary/aromatic N) is 3. The first kappa shape index (κ1) is 20.9. The highest BCUT2D eigenvalue weighted by molar-refractivity contribution is 7.99. The molecule has 1 aliphatic heterocycles. The molecular formula is C22H25N3O3S2. The van der Waals surface area contributed by atoms with Crippen LogP contribution in [0.2, 0.25) is 0 Å². The number of rotatable bonds is 6. The molecule has 2 aromatic carbocycles. The average Bonchev–Trinajstić information content (AvgIpc) is 3.27. The molecule has 0 radical (unpaired) electrons. The fourth-order valence-corrected chi connectivity index (χ4v) is 6.65. The quantitative estimate of drug-likeness (QED) is 0.540. The Bertz CT molecular complexity index is 1160. The highest BCUT2D eigenvalue weighted by atomic mass is 32.2. The molecule has 1 saturated heterocycles. The van der Waals surface area contributed by atoms with Crippen LogP contribution in [-0.4, -0.2) is 47.2 Å². The number of para-hydroxylation sites is 3. The van der Waals surface area contributed by atoms with Crippen molar-refractivity contribution in [2.45, 2.75) is 37.5 Å². The predicted octanol–water partition coefficient (Wildman–Crippen LogP) is 3.93. The van der Waals surface area contributed by atoms with Gasteiger partial charge in [0.15, 0.2) is 15.0 Å². The largest absolute Gasteiger partial charge is 0.316 e. The molecule has 30 heavy (non-hydrogen) atoms. The number of carbonyl (C=O) groups is 1. The number of sulfone groups is 1. The highest BCUT2D eigenvalue weighted by Gasteiger charge is 2.35. The Morgan fingerprint density at radius 3 is 2.53 bits per heavy atom. The lowest BCUT2D eigenvalue weighted by atomic mass is 10.2. The molecule has 0 aliphatic carbocycles. The molecule has 0 bridgehead atoms. The van der Waals surface area contributed by atoms with Gasteiger partial charge in [-0.15, -0.1) is 0 Å². The number of carbonyl (C=O) groups excluding carboxylic acids is 1. The summed E-state index contributed by atoms with van der Waals surface area (Å²) in [6, 6.07) is 17.2. The van der Waals surface area contributed by atoms with Crippen LogP contribution in [0.15, 0.2) is 59.8 Å². The normalized spacial score (nSPS) is 18.2. The lowest BCUT2D eigenvalue weighted by Crippen LogP contribution is -2.42. The predicted molar refractivity (Wildman–Crippen MR) is 122 cm³/mol. The van der Waals surface area contributed by atoms with Crippen LogP contribution >= 0.6 is 11.8 Å². The first-order valence-electron chi connectivity index (χ1n) is 10.0. The van der Waals surface area contributed by atoms with Gasteiger partial charge >= 0.3 is 0 Å². The van der Waals surface area contributed by atoms with Crippen LogP contribution in [0.3, 0.4) is 0 Å². The maximum Gasteiger partial charge on any atom is 0.237 e. The van der Waals surface area contributed by atoms with Gasteiger partial charge in [0.05, 0.1) is 34.3 Å². The van der Waals surface area contributed by atoms with Crippen molar-refractivity contribution in [3.8, 4) is 0 Å². The van der Waals surface area contributed by atoms with E-state index in [9.17, 15) is 13.2 Å². The Hall–Kier alpha value is -2.32. The Balaban J connectivity index is 1.59. The van der Waals surface area contributed by atoms with Gasteiger partial charge in [0.2, 0.25) is 5.91 Å². The summed E-state index contributed by atoms with van der Waals surface area (Å²) in [5, 5.41) is 0.798. The highest BCUT2D eigenvalue weighted by Crippen LogP contribution is 2.30.